The lowest BCUT2D eigenvalue weighted by molar-refractivity contribution is -0.121. The molecule has 1 aliphatic heterocycles. The van der Waals surface area contributed by atoms with Gasteiger partial charge in [0, 0.05) is 45.1 Å². The van der Waals surface area contributed by atoms with Gasteiger partial charge >= 0.3 is 0 Å². The van der Waals surface area contributed by atoms with Crippen molar-refractivity contribution in [3.05, 3.63) is 18.0 Å². The van der Waals surface area contributed by atoms with E-state index in [1.807, 2.05) is 26.0 Å². The van der Waals surface area contributed by atoms with Crippen molar-refractivity contribution >= 4 is 17.4 Å². The molecule has 8 nitrogen and oxygen atoms in total. The van der Waals surface area contributed by atoms with Gasteiger partial charge in [-0.05, 0) is 33.0 Å². The Bertz CT molecular complexity index is 704. The molecule has 0 bridgehead atoms. The Hall–Kier alpha value is -2.22. The van der Waals surface area contributed by atoms with Crippen molar-refractivity contribution in [2.45, 2.75) is 32.7 Å². The van der Waals surface area contributed by atoms with Gasteiger partial charge in [-0.25, -0.2) is 0 Å². The second kappa shape index (κ2) is 7.12. The molecule has 0 aromatic carbocycles. The van der Waals surface area contributed by atoms with Crippen LogP contribution in [0.4, 0.5) is 5.82 Å². The summed E-state index contributed by atoms with van der Waals surface area (Å²) in [5, 5.41) is 15.9. The van der Waals surface area contributed by atoms with Gasteiger partial charge in [0.15, 0.2) is 11.5 Å². The van der Waals surface area contributed by atoms with Crippen LogP contribution in [0, 0.1) is 0 Å². The summed E-state index contributed by atoms with van der Waals surface area (Å²) >= 11 is 0. The average Bonchev–Trinajstić information content (AvgIpc) is 2.95. The number of aryl methyl sites for hydroxylation is 1. The van der Waals surface area contributed by atoms with Crippen molar-refractivity contribution in [1.82, 2.24) is 30.0 Å². The molecule has 3 heterocycles. The van der Waals surface area contributed by atoms with E-state index in [9.17, 15) is 4.79 Å². The summed E-state index contributed by atoms with van der Waals surface area (Å²) < 4.78 is 1.76. The van der Waals surface area contributed by atoms with E-state index in [0.717, 1.165) is 37.8 Å². The molecule has 8 heteroatoms. The van der Waals surface area contributed by atoms with E-state index in [-0.39, 0.29) is 11.9 Å². The van der Waals surface area contributed by atoms with Crippen molar-refractivity contribution in [3.8, 4) is 0 Å². The number of nitrogens with one attached hydrogen (secondary N) is 1. The van der Waals surface area contributed by atoms with Crippen molar-refractivity contribution in [3.63, 3.8) is 0 Å². The zero-order valence-corrected chi connectivity index (χ0v) is 14.6. The summed E-state index contributed by atoms with van der Waals surface area (Å²) in [5.74, 6) is 1.68. The molecule has 1 fully saturated rings. The molecule has 1 amide bonds. The number of nitrogens with zero attached hydrogens (tertiary/aromatic N) is 6. The minimum absolute atomic E-state index is 0.0250. The number of amides is 1. The molecule has 0 saturated carbocycles. The minimum Gasteiger partial charge on any atom is -0.354 e. The van der Waals surface area contributed by atoms with Crippen LogP contribution in [-0.2, 0) is 11.2 Å². The molecule has 0 spiro atoms. The highest BCUT2D eigenvalue weighted by Gasteiger charge is 2.17. The van der Waals surface area contributed by atoms with Gasteiger partial charge < -0.3 is 15.1 Å². The summed E-state index contributed by atoms with van der Waals surface area (Å²) in [7, 11) is 2.13. The van der Waals surface area contributed by atoms with Gasteiger partial charge in [-0.1, -0.05) is 0 Å². The molecule has 2 aromatic heterocycles. The fourth-order valence-electron chi connectivity index (χ4n) is 2.80. The van der Waals surface area contributed by atoms with Crippen LogP contribution in [0.15, 0.2) is 12.1 Å². The molecule has 0 radical (unpaired) electrons. The van der Waals surface area contributed by atoms with E-state index in [1.54, 1.807) is 4.52 Å². The molecule has 3 rings (SSSR count). The van der Waals surface area contributed by atoms with Gasteiger partial charge in [-0.2, -0.15) is 4.52 Å². The zero-order valence-electron chi connectivity index (χ0n) is 14.6. The molecule has 0 atom stereocenters. The van der Waals surface area contributed by atoms with Gasteiger partial charge in [-0.3, -0.25) is 4.79 Å². The van der Waals surface area contributed by atoms with Crippen molar-refractivity contribution in [2.24, 2.45) is 0 Å². The maximum absolute atomic E-state index is 11.8. The van der Waals surface area contributed by atoms with Crippen LogP contribution >= 0.6 is 0 Å². The summed E-state index contributed by atoms with van der Waals surface area (Å²) in [6.45, 7) is 7.89. The molecule has 1 N–H and O–H groups in total. The van der Waals surface area contributed by atoms with Crippen LogP contribution in [0.3, 0.4) is 0 Å². The lowest BCUT2D eigenvalue weighted by atomic mass is 10.2. The number of likely N-dealkylation sites (N-methyl/N-ethyl adjacent to an activating group) is 1. The SMILES string of the molecule is CC(C)NC(=O)CCc1nnc2ccc(N3CCN(C)CC3)nn12. The van der Waals surface area contributed by atoms with Crippen molar-refractivity contribution in [2.75, 3.05) is 38.1 Å². The monoisotopic (exact) mass is 331 g/mol. The standard InChI is InChI=1S/C16H25N7O/c1-12(2)17-16(24)7-6-14-19-18-13-4-5-15(20-23(13)14)22-10-8-21(3)9-11-22/h4-5,12H,6-11H2,1-3H3,(H,17,24). The fourth-order valence-corrected chi connectivity index (χ4v) is 2.80. The van der Waals surface area contributed by atoms with E-state index < -0.39 is 0 Å². The van der Waals surface area contributed by atoms with E-state index in [2.05, 4.69) is 32.4 Å². The van der Waals surface area contributed by atoms with Gasteiger partial charge in [0.1, 0.15) is 5.82 Å². The lowest BCUT2D eigenvalue weighted by Gasteiger charge is -2.33. The zero-order chi connectivity index (χ0) is 17.1. The second-order valence-corrected chi connectivity index (χ2v) is 6.59. The maximum Gasteiger partial charge on any atom is 0.220 e. The van der Waals surface area contributed by atoms with Crippen LogP contribution in [0.25, 0.3) is 5.65 Å². The van der Waals surface area contributed by atoms with Crippen LogP contribution in [0.5, 0.6) is 0 Å². The first-order valence-electron chi connectivity index (χ1n) is 8.47. The Morgan fingerprint density at radius 2 is 1.96 bits per heavy atom. The number of carbonyl (C=O) groups is 1. The van der Waals surface area contributed by atoms with Gasteiger partial charge in [0.05, 0.1) is 0 Å². The first kappa shape index (κ1) is 16.6. The third-order valence-electron chi connectivity index (χ3n) is 4.17. The number of aromatic nitrogens is 4. The topological polar surface area (TPSA) is 78.7 Å². The average molecular weight is 331 g/mol. The summed E-state index contributed by atoms with van der Waals surface area (Å²) in [4.78, 5) is 16.4. The second-order valence-electron chi connectivity index (χ2n) is 6.59. The van der Waals surface area contributed by atoms with E-state index in [1.165, 1.54) is 0 Å². The number of rotatable bonds is 5. The highest BCUT2D eigenvalue weighted by molar-refractivity contribution is 5.76. The van der Waals surface area contributed by atoms with Gasteiger partial charge in [0.2, 0.25) is 5.91 Å². The molecule has 130 valence electrons. The van der Waals surface area contributed by atoms with Crippen LogP contribution in [0.2, 0.25) is 0 Å². The van der Waals surface area contributed by atoms with Crippen LogP contribution < -0.4 is 10.2 Å². The largest absolute Gasteiger partial charge is 0.354 e. The molecule has 1 saturated heterocycles. The number of hydrogen-bond donors (Lipinski definition) is 1. The quantitative estimate of drug-likeness (QED) is 0.851. The molecule has 24 heavy (non-hydrogen) atoms. The Balaban J connectivity index is 1.73. The highest BCUT2D eigenvalue weighted by atomic mass is 16.1. The first-order valence-corrected chi connectivity index (χ1v) is 8.47. The highest BCUT2D eigenvalue weighted by Crippen LogP contribution is 2.14. The minimum atomic E-state index is 0.0250. The van der Waals surface area contributed by atoms with Crippen molar-refractivity contribution < 1.29 is 4.79 Å². The summed E-state index contributed by atoms with van der Waals surface area (Å²) in [6.07, 6.45) is 0.915. The summed E-state index contributed by atoms with van der Waals surface area (Å²) in [5.41, 5.74) is 0.715. The smallest absolute Gasteiger partial charge is 0.220 e. The van der Waals surface area contributed by atoms with E-state index in [4.69, 9.17) is 5.10 Å². The molecular weight excluding hydrogens is 306 g/mol. The van der Waals surface area contributed by atoms with Crippen LogP contribution in [0.1, 0.15) is 26.1 Å². The molecule has 0 aliphatic carbocycles. The molecule has 0 unspecified atom stereocenters. The van der Waals surface area contributed by atoms with E-state index in [0.29, 0.717) is 18.5 Å². The predicted octanol–water partition coefficient (Wildman–Crippen LogP) is 0.333. The predicted molar refractivity (Wildman–Crippen MR) is 92.1 cm³/mol. The Morgan fingerprint density at radius 1 is 1.21 bits per heavy atom. The van der Waals surface area contributed by atoms with Crippen molar-refractivity contribution in [1.29, 1.82) is 0 Å². The summed E-state index contributed by atoms with van der Waals surface area (Å²) in [6, 6.07) is 4.07. The van der Waals surface area contributed by atoms with Gasteiger partial charge in [0.25, 0.3) is 0 Å². The van der Waals surface area contributed by atoms with E-state index >= 15 is 0 Å². The maximum atomic E-state index is 11.8. The first-order chi connectivity index (χ1) is 11.5. The number of fused-ring (bicyclic) bond motifs is 1. The third-order valence-corrected chi connectivity index (χ3v) is 4.17. The number of hydrogen-bond acceptors (Lipinski definition) is 6. The molecular formula is C16H25N7O. The lowest BCUT2D eigenvalue weighted by Crippen LogP contribution is -2.45. The number of anilines is 1. The number of carbonyl (C=O) groups excluding carboxylic acids is 1. The Kier molecular flexibility index (Phi) is 4.94. The third kappa shape index (κ3) is 3.81. The molecule has 1 aliphatic rings. The number of piperazine rings is 1. The Labute approximate surface area is 141 Å². The Morgan fingerprint density at radius 3 is 2.67 bits per heavy atom. The normalized spacial score (nSPS) is 16.1. The van der Waals surface area contributed by atoms with Crippen LogP contribution in [-0.4, -0.2) is 69.9 Å². The van der Waals surface area contributed by atoms with Gasteiger partial charge in [-0.15, -0.1) is 15.3 Å². The fraction of sp³-hybridized carbons (Fsp3) is 0.625. The molecule has 2 aromatic rings.